The van der Waals surface area contributed by atoms with Crippen LogP contribution < -0.4 is 11.0 Å². The van der Waals surface area contributed by atoms with Gasteiger partial charge >= 0.3 is 0 Å². The molecule has 0 bridgehead atoms. The molecule has 4 N–H and O–H groups in total. The molecule has 0 saturated carbocycles. The van der Waals surface area contributed by atoms with Crippen LogP contribution in [-0.4, -0.2) is 58.5 Å². The van der Waals surface area contributed by atoms with Gasteiger partial charge in [-0.1, -0.05) is 0 Å². The van der Waals surface area contributed by atoms with E-state index in [1.807, 2.05) is 0 Å². The Labute approximate surface area is 125 Å². The molecule has 21 heavy (non-hydrogen) atoms. The summed E-state index contributed by atoms with van der Waals surface area (Å²) in [7, 11) is 1.45. The van der Waals surface area contributed by atoms with E-state index in [2.05, 4.69) is 15.3 Å². The third kappa shape index (κ3) is 3.74. The summed E-state index contributed by atoms with van der Waals surface area (Å²) >= 11 is 5.01. The highest BCUT2D eigenvalue weighted by molar-refractivity contribution is 7.71. The maximum absolute atomic E-state index is 11.1. The fraction of sp³-hybridized carbons (Fsp3) is 0.636. The molecular formula is C11H17N3O6S. The lowest BCUT2D eigenvalue weighted by atomic mass is 10.1. The van der Waals surface area contributed by atoms with Crippen LogP contribution in [0, 0.1) is 4.77 Å². The minimum atomic E-state index is -1.19. The molecule has 1 aromatic heterocycles. The van der Waals surface area contributed by atoms with Crippen LogP contribution in [0.25, 0.3) is 0 Å². The Kier molecular flexibility index (Phi) is 5.58. The molecule has 0 aliphatic carbocycles. The molecule has 4 atom stereocenters. The Balaban J connectivity index is 2.05. The van der Waals surface area contributed by atoms with Crippen molar-refractivity contribution in [3.05, 3.63) is 27.4 Å². The average Bonchev–Trinajstić information content (AvgIpc) is 2.72. The van der Waals surface area contributed by atoms with Crippen molar-refractivity contribution >= 4 is 12.2 Å². The highest BCUT2D eigenvalue weighted by Gasteiger charge is 2.43. The van der Waals surface area contributed by atoms with E-state index in [0.717, 1.165) is 0 Å². The molecule has 9 nitrogen and oxygen atoms in total. The second-order valence-electron chi connectivity index (χ2n) is 4.43. The first-order chi connectivity index (χ1) is 10.0. The molecule has 1 saturated heterocycles. The zero-order valence-corrected chi connectivity index (χ0v) is 12.1. The fourth-order valence-electron chi connectivity index (χ4n) is 2.00. The molecular weight excluding hydrogens is 302 g/mol. The monoisotopic (exact) mass is 319 g/mol. The van der Waals surface area contributed by atoms with Gasteiger partial charge < -0.3 is 24.5 Å². The van der Waals surface area contributed by atoms with E-state index < -0.39 is 24.5 Å². The van der Waals surface area contributed by atoms with E-state index in [0.29, 0.717) is 0 Å². The van der Waals surface area contributed by atoms with Gasteiger partial charge in [0.2, 0.25) is 0 Å². The predicted molar refractivity (Wildman–Crippen MR) is 72.8 cm³/mol. The third-order valence-corrected chi connectivity index (χ3v) is 3.36. The van der Waals surface area contributed by atoms with Crippen molar-refractivity contribution in [2.24, 2.45) is 0 Å². The summed E-state index contributed by atoms with van der Waals surface area (Å²) in [5.74, 6) is 0. The number of rotatable bonds is 6. The maximum atomic E-state index is 11.1. The number of H-pyrrole nitrogens is 1. The number of hydroxylamine groups is 1. The van der Waals surface area contributed by atoms with Gasteiger partial charge in [0.25, 0.3) is 5.56 Å². The maximum Gasteiger partial charge on any atom is 0.251 e. The molecule has 1 fully saturated rings. The van der Waals surface area contributed by atoms with Gasteiger partial charge in [0.1, 0.15) is 25.0 Å². The number of ether oxygens (including phenoxy) is 2. The molecule has 0 radical (unpaired) electrons. The number of nitrogens with zero attached hydrogens (tertiary/aromatic N) is 1. The van der Waals surface area contributed by atoms with Crippen molar-refractivity contribution in [2.45, 2.75) is 24.5 Å². The topological polar surface area (TPSA) is 118 Å². The second-order valence-corrected chi connectivity index (χ2v) is 4.81. The zero-order valence-electron chi connectivity index (χ0n) is 11.3. The van der Waals surface area contributed by atoms with Crippen LogP contribution in [0.1, 0.15) is 6.23 Å². The van der Waals surface area contributed by atoms with Gasteiger partial charge in [-0.3, -0.25) is 14.3 Å². The van der Waals surface area contributed by atoms with Crippen molar-refractivity contribution in [1.29, 1.82) is 0 Å². The molecule has 1 aliphatic heterocycles. The average molecular weight is 319 g/mol. The summed E-state index contributed by atoms with van der Waals surface area (Å²) in [6.07, 6.45) is -2.54. The number of nitrogens with one attached hydrogen (secondary N) is 2. The van der Waals surface area contributed by atoms with Crippen LogP contribution >= 0.6 is 12.2 Å². The summed E-state index contributed by atoms with van der Waals surface area (Å²) in [4.78, 5) is 18.2. The fourth-order valence-corrected chi connectivity index (χ4v) is 2.27. The Bertz CT molecular complexity index is 576. The summed E-state index contributed by atoms with van der Waals surface area (Å²) in [6.45, 7) is 0.170. The van der Waals surface area contributed by atoms with Crippen molar-refractivity contribution in [3.8, 4) is 0 Å². The summed E-state index contributed by atoms with van der Waals surface area (Å²) in [5.41, 5.74) is 2.12. The predicted octanol–water partition coefficient (Wildman–Crippen LogP) is -1.35. The summed E-state index contributed by atoms with van der Waals surface area (Å²) in [5, 5.41) is 20.0. The first-order valence-electron chi connectivity index (χ1n) is 6.21. The lowest BCUT2D eigenvalue weighted by Crippen LogP contribution is -2.34. The largest absolute Gasteiger partial charge is 0.387 e. The normalized spacial score (nSPS) is 28.9. The van der Waals surface area contributed by atoms with Crippen molar-refractivity contribution in [3.63, 3.8) is 0 Å². The van der Waals surface area contributed by atoms with Crippen LogP contribution in [0.5, 0.6) is 0 Å². The molecule has 10 heteroatoms. The lowest BCUT2D eigenvalue weighted by molar-refractivity contribution is -0.0852. The quantitative estimate of drug-likeness (QED) is 0.220. The Morgan fingerprint density at radius 3 is 2.95 bits per heavy atom. The van der Waals surface area contributed by atoms with E-state index in [1.54, 1.807) is 0 Å². The molecule has 0 unspecified atom stereocenters. The number of aliphatic hydroxyl groups excluding tert-OH is 2. The van der Waals surface area contributed by atoms with E-state index >= 15 is 0 Å². The van der Waals surface area contributed by atoms with Crippen LogP contribution in [0.2, 0.25) is 0 Å². The van der Waals surface area contributed by atoms with E-state index in [9.17, 15) is 15.0 Å². The number of hydrogen-bond acceptors (Lipinski definition) is 8. The highest BCUT2D eigenvalue weighted by Crippen LogP contribution is 2.29. The molecule has 1 aliphatic rings. The molecule has 0 amide bonds. The van der Waals surface area contributed by atoms with Gasteiger partial charge in [-0.15, -0.1) is 0 Å². The molecule has 1 aromatic rings. The molecule has 0 spiro atoms. The molecule has 2 rings (SSSR count). The van der Waals surface area contributed by atoms with Gasteiger partial charge in [-0.25, -0.2) is 0 Å². The molecule has 2 heterocycles. The Hall–Kier alpha value is -1.14. The summed E-state index contributed by atoms with van der Waals surface area (Å²) < 4.78 is 12.2. The lowest BCUT2D eigenvalue weighted by Gasteiger charge is -2.17. The number of hydrogen-bond donors (Lipinski definition) is 4. The number of aliphatic hydroxyl groups is 2. The zero-order chi connectivity index (χ0) is 15.4. The highest BCUT2D eigenvalue weighted by atomic mass is 32.1. The summed E-state index contributed by atoms with van der Waals surface area (Å²) in [6, 6.07) is 1.25. The smallest absolute Gasteiger partial charge is 0.251 e. The van der Waals surface area contributed by atoms with E-state index in [4.69, 9.17) is 21.7 Å². The first kappa shape index (κ1) is 16.2. The van der Waals surface area contributed by atoms with Crippen molar-refractivity contribution < 1.29 is 24.5 Å². The van der Waals surface area contributed by atoms with Crippen LogP contribution in [0.3, 0.4) is 0 Å². The van der Waals surface area contributed by atoms with Gasteiger partial charge in [-0.2, -0.15) is 5.48 Å². The van der Waals surface area contributed by atoms with E-state index in [1.165, 1.54) is 23.9 Å². The van der Waals surface area contributed by atoms with Crippen LogP contribution in [0.15, 0.2) is 17.1 Å². The SMILES string of the molecule is CONCOC[C@H]1O[C@@H](n2ccc(=O)[nH]c2=S)[C@H](O)[C@@H]1O. The van der Waals surface area contributed by atoms with Gasteiger partial charge in [0.15, 0.2) is 11.0 Å². The first-order valence-corrected chi connectivity index (χ1v) is 6.62. The van der Waals surface area contributed by atoms with Crippen LogP contribution in [-0.2, 0) is 14.3 Å². The van der Waals surface area contributed by atoms with Gasteiger partial charge in [0.05, 0.1) is 13.7 Å². The minimum Gasteiger partial charge on any atom is -0.387 e. The van der Waals surface area contributed by atoms with E-state index in [-0.39, 0.29) is 23.7 Å². The standard InChI is InChI=1S/C11H17N3O6S/c1-18-12-5-19-4-6-8(16)9(17)10(20-6)14-3-2-7(15)13-11(14)21/h2-3,6,8-10,12,16-17H,4-5H2,1H3,(H,13,15,21)/t6-,8-,9-,10-/m1/s1. The third-order valence-electron chi connectivity index (χ3n) is 3.05. The number of aromatic nitrogens is 2. The van der Waals surface area contributed by atoms with Gasteiger partial charge in [-0.05, 0) is 12.2 Å². The number of aromatic amines is 1. The molecule has 0 aromatic carbocycles. The van der Waals surface area contributed by atoms with Crippen molar-refractivity contribution in [2.75, 3.05) is 20.4 Å². The van der Waals surface area contributed by atoms with Crippen molar-refractivity contribution in [1.82, 2.24) is 15.0 Å². The second kappa shape index (κ2) is 7.22. The Morgan fingerprint density at radius 2 is 2.29 bits per heavy atom. The van der Waals surface area contributed by atoms with Crippen LogP contribution in [0.4, 0.5) is 0 Å². The minimum absolute atomic E-state index is 0.0573. The van der Waals surface area contributed by atoms with Gasteiger partial charge in [0, 0.05) is 12.3 Å². The molecule has 118 valence electrons. The Morgan fingerprint density at radius 1 is 1.52 bits per heavy atom.